The van der Waals surface area contributed by atoms with Crippen molar-refractivity contribution >= 4 is 28.2 Å². The molecule has 0 aliphatic carbocycles. The molecule has 0 amide bonds. The van der Waals surface area contributed by atoms with Crippen LogP contribution in [0.1, 0.15) is 25.3 Å². The second-order valence-electron chi connectivity index (χ2n) is 2.56. The van der Waals surface area contributed by atoms with Crippen LogP contribution in [0.15, 0.2) is 0 Å². The van der Waals surface area contributed by atoms with Crippen LogP contribution in [0.3, 0.4) is 0 Å². The minimum Gasteiger partial charge on any atom is -0.374 e. The SMILES string of the molecule is CCC(C)SCc1nnc(N)s1. The first-order chi connectivity index (χ1) is 5.72. The summed E-state index contributed by atoms with van der Waals surface area (Å²) in [6.45, 7) is 4.40. The molecule has 0 spiro atoms. The van der Waals surface area contributed by atoms with Crippen LogP contribution in [0.25, 0.3) is 0 Å². The second kappa shape index (κ2) is 4.67. The van der Waals surface area contributed by atoms with E-state index in [9.17, 15) is 0 Å². The summed E-state index contributed by atoms with van der Waals surface area (Å²) in [6.07, 6.45) is 1.19. The van der Waals surface area contributed by atoms with E-state index in [1.807, 2.05) is 11.8 Å². The molecule has 0 aliphatic rings. The average Bonchev–Trinajstić information content (AvgIpc) is 2.47. The first-order valence-electron chi connectivity index (χ1n) is 3.91. The Morgan fingerprint density at radius 3 is 2.83 bits per heavy atom. The van der Waals surface area contributed by atoms with Crippen LogP contribution in [-0.4, -0.2) is 15.4 Å². The molecule has 0 aromatic carbocycles. The predicted octanol–water partition coefficient (Wildman–Crippen LogP) is 2.15. The third-order valence-electron chi connectivity index (χ3n) is 1.55. The van der Waals surface area contributed by atoms with E-state index in [0.29, 0.717) is 10.4 Å². The molecule has 1 aromatic rings. The molecule has 0 radical (unpaired) electrons. The van der Waals surface area contributed by atoms with E-state index < -0.39 is 0 Å². The fourth-order valence-corrected chi connectivity index (χ4v) is 2.22. The Morgan fingerprint density at radius 2 is 2.33 bits per heavy atom. The number of hydrogen-bond donors (Lipinski definition) is 1. The summed E-state index contributed by atoms with van der Waals surface area (Å²) in [7, 11) is 0. The van der Waals surface area contributed by atoms with Crippen LogP contribution < -0.4 is 5.73 Å². The smallest absolute Gasteiger partial charge is 0.203 e. The summed E-state index contributed by atoms with van der Waals surface area (Å²) in [5.74, 6) is 0.934. The first-order valence-corrected chi connectivity index (χ1v) is 5.78. The Morgan fingerprint density at radius 1 is 1.58 bits per heavy atom. The van der Waals surface area contributed by atoms with E-state index in [0.717, 1.165) is 10.8 Å². The number of aromatic nitrogens is 2. The molecule has 5 heteroatoms. The fraction of sp³-hybridized carbons (Fsp3) is 0.714. The van der Waals surface area contributed by atoms with Gasteiger partial charge in [-0.05, 0) is 6.42 Å². The number of nitrogens with zero attached hydrogens (tertiary/aromatic N) is 2. The summed E-state index contributed by atoms with van der Waals surface area (Å²) < 4.78 is 0. The normalized spacial score (nSPS) is 13.2. The Kier molecular flexibility index (Phi) is 3.81. The molecule has 2 N–H and O–H groups in total. The van der Waals surface area contributed by atoms with Crippen LogP contribution >= 0.6 is 23.1 Å². The van der Waals surface area contributed by atoms with Gasteiger partial charge in [0.05, 0.1) is 0 Å². The zero-order valence-electron chi connectivity index (χ0n) is 7.28. The Hall–Kier alpha value is -0.290. The van der Waals surface area contributed by atoms with E-state index in [-0.39, 0.29) is 0 Å². The molecule has 0 saturated carbocycles. The third-order valence-corrected chi connectivity index (χ3v) is 3.83. The van der Waals surface area contributed by atoms with E-state index in [2.05, 4.69) is 24.0 Å². The zero-order chi connectivity index (χ0) is 8.97. The van der Waals surface area contributed by atoms with Gasteiger partial charge in [0.1, 0.15) is 5.01 Å². The largest absolute Gasteiger partial charge is 0.374 e. The monoisotopic (exact) mass is 203 g/mol. The van der Waals surface area contributed by atoms with E-state index in [4.69, 9.17) is 5.73 Å². The fourth-order valence-electron chi connectivity index (χ4n) is 0.656. The third kappa shape index (κ3) is 2.98. The highest BCUT2D eigenvalue weighted by Crippen LogP contribution is 2.22. The van der Waals surface area contributed by atoms with E-state index >= 15 is 0 Å². The van der Waals surface area contributed by atoms with Crippen LogP contribution in [0, 0.1) is 0 Å². The molecular formula is C7H13N3S2. The molecular weight excluding hydrogens is 190 g/mol. The minimum absolute atomic E-state index is 0.565. The molecule has 1 rings (SSSR count). The van der Waals surface area contributed by atoms with Crippen molar-refractivity contribution in [2.24, 2.45) is 0 Å². The molecule has 12 heavy (non-hydrogen) atoms. The standard InChI is InChI=1S/C7H13N3S2/c1-3-5(2)11-4-6-9-10-7(8)12-6/h5H,3-4H2,1-2H3,(H2,8,10). The maximum atomic E-state index is 5.45. The van der Waals surface area contributed by atoms with Crippen molar-refractivity contribution in [3.8, 4) is 0 Å². The maximum absolute atomic E-state index is 5.45. The number of rotatable bonds is 4. The molecule has 0 aliphatic heterocycles. The molecule has 0 saturated heterocycles. The van der Waals surface area contributed by atoms with Gasteiger partial charge >= 0.3 is 0 Å². The first kappa shape index (κ1) is 9.80. The highest BCUT2D eigenvalue weighted by Gasteiger charge is 2.03. The lowest BCUT2D eigenvalue weighted by atomic mass is 10.4. The van der Waals surface area contributed by atoms with E-state index in [1.54, 1.807) is 0 Å². The maximum Gasteiger partial charge on any atom is 0.203 e. The van der Waals surface area contributed by atoms with Crippen molar-refractivity contribution in [1.82, 2.24) is 10.2 Å². The number of nitrogen functional groups attached to an aromatic ring is 1. The molecule has 1 aromatic heterocycles. The topological polar surface area (TPSA) is 51.8 Å². The van der Waals surface area contributed by atoms with Crippen LogP contribution in [0.4, 0.5) is 5.13 Å². The van der Waals surface area contributed by atoms with Gasteiger partial charge in [0.15, 0.2) is 0 Å². The summed E-state index contributed by atoms with van der Waals surface area (Å²) in [6, 6.07) is 0. The molecule has 1 unspecified atom stereocenters. The van der Waals surface area contributed by atoms with Crippen molar-refractivity contribution in [2.45, 2.75) is 31.3 Å². The van der Waals surface area contributed by atoms with Gasteiger partial charge in [0.25, 0.3) is 0 Å². The van der Waals surface area contributed by atoms with Gasteiger partial charge in [0.2, 0.25) is 5.13 Å². The number of anilines is 1. The van der Waals surface area contributed by atoms with E-state index in [1.165, 1.54) is 17.8 Å². The van der Waals surface area contributed by atoms with Crippen molar-refractivity contribution in [3.05, 3.63) is 5.01 Å². The van der Waals surface area contributed by atoms with Crippen molar-refractivity contribution in [3.63, 3.8) is 0 Å². The van der Waals surface area contributed by atoms with Crippen molar-refractivity contribution < 1.29 is 0 Å². The second-order valence-corrected chi connectivity index (χ2v) is 5.08. The van der Waals surface area contributed by atoms with Crippen LogP contribution in [-0.2, 0) is 5.75 Å². The van der Waals surface area contributed by atoms with Crippen molar-refractivity contribution in [1.29, 1.82) is 0 Å². The van der Waals surface area contributed by atoms with Gasteiger partial charge in [0, 0.05) is 11.0 Å². The van der Waals surface area contributed by atoms with Gasteiger partial charge in [-0.1, -0.05) is 25.2 Å². The van der Waals surface area contributed by atoms with Gasteiger partial charge in [-0.25, -0.2) is 0 Å². The molecule has 3 nitrogen and oxygen atoms in total. The molecule has 1 atom stereocenters. The van der Waals surface area contributed by atoms with Crippen LogP contribution in [0.2, 0.25) is 0 Å². The Labute approximate surface area is 80.8 Å². The summed E-state index contributed by atoms with van der Waals surface area (Å²) in [5.41, 5.74) is 5.45. The zero-order valence-corrected chi connectivity index (χ0v) is 8.91. The lowest BCUT2D eigenvalue weighted by molar-refractivity contribution is 0.904. The molecule has 1 heterocycles. The quantitative estimate of drug-likeness (QED) is 0.814. The highest BCUT2D eigenvalue weighted by atomic mass is 32.2. The minimum atomic E-state index is 0.565. The molecule has 68 valence electrons. The lowest BCUT2D eigenvalue weighted by Gasteiger charge is -2.04. The van der Waals surface area contributed by atoms with Crippen LogP contribution in [0.5, 0.6) is 0 Å². The Bertz CT molecular complexity index is 236. The number of nitrogens with two attached hydrogens (primary N) is 1. The van der Waals surface area contributed by atoms with Gasteiger partial charge < -0.3 is 5.73 Å². The predicted molar refractivity (Wildman–Crippen MR) is 55.4 cm³/mol. The summed E-state index contributed by atoms with van der Waals surface area (Å²) >= 11 is 3.37. The summed E-state index contributed by atoms with van der Waals surface area (Å²) in [4.78, 5) is 0. The summed E-state index contributed by atoms with van der Waals surface area (Å²) in [5, 5.41) is 9.98. The highest BCUT2D eigenvalue weighted by molar-refractivity contribution is 7.99. The number of hydrogen-bond acceptors (Lipinski definition) is 5. The molecule has 0 bridgehead atoms. The van der Waals surface area contributed by atoms with Gasteiger partial charge in [-0.3, -0.25) is 0 Å². The average molecular weight is 203 g/mol. The lowest BCUT2D eigenvalue weighted by Crippen LogP contribution is -1.93. The van der Waals surface area contributed by atoms with Gasteiger partial charge in [-0.2, -0.15) is 11.8 Å². The number of thioether (sulfide) groups is 1. The van der Waals surface area contributed by atoms with Crippen molar-refractivity contribution in [2.75, 3.05) is 5.73 Å². The molecule has 0 fully saturated rings. The van der Waals surface area contributed by atoms with Gasteiger partial charge in [-0.15, -0.1) is 10.2 Å². The Balaban J connectivity index is 2.33.